The third-order valence-electron chi connectivity index (χ3n) is 5.08. The molecule has 3 rings (SSSR count). The summed E-state index contributed by atoms with van der Waals surface area (Å²) in [5.41, 5.74) is 2.84. The monoisotopic (exact) mass is 328 g/mol. The predicted molar refractivity (Wildman–Crippen MR) is 99.9 cm³/mol. The SMILES string of the molecule is CCN(C(=O)c1cc2ccc(N(C)C)cc2[nH]1)C1CCN(C)CC1. The first-order valence-corrected chi connectivity index (χ1v) is 8.79. The Kier molecular flexibility index (Phi) is 4.81. The van der Waals surface area contributed by atoms with Gasteiger partial charge in [0, 0.05) is 43.3 Å². The number of fused-ring (bicyclic) bond motifs is 1. The largest absolute Gasteiger partial charge is 0.378 e. The Balaban J connectivity index is 1.83. The number of aromatic amines is 1. The molecule has 1 saturated heterocycles. The Labute approximate surface area is 144 Å². The molecule has 2 aromatic rings. The molecule has 0 saturated carbocycles. The smallest absolute Gasteiger partial charge is 0.270 e. The molecule has 130 valence electrons. The van der Waals surface area contributed by atoms with Gasteiger partial charge in [-0.3, -0.25) is 4.79 Å². The van der Waals surface area contributed by atoms with Crippen LogP contribution in [0.15, 0.2) is 24.3 Å². The normalized spacial score (nSPS) is 16.5. The average molecular weight is 328 g/mol. The van der Waals surface area contributed by atoms with Gasteiger partial charge in [-0.05, 0) is 58.1 Å². The summed E-state index contributed by atoms with van der Waals surface area (Å²) in [4.78, 5) is 22.8. The van der Waals surface area contributed by atoms with E-state index < -0.39 is 0 Å². The average Bonchev–Trinajstić information content (AvgIpc) is 3.00. The number of hydrogen-bond acceptors (Lipinski definition) is 3. The summed E-state index contributed by atoms with van der Waals surface area (Å²) in [5.74, 6) is 0.120. The number of carbonyl (C=O) groups is 1. The molecule has 0 unspecified atom stereocenters. The highest BCUT2D eigenvalue weighted by Gasteiger charge is 2.27. The highest BCUT2D eigenvalue weighted by Crippen LogP contribution is 2.24. The van der Waals surface area contributed by atoms with Gasteiger partial charge >= 0.3 is 0 Å². The summed E-state index contributed by atoms with van der Waals surface area (Å²) < 4.78 is 0. The summed E-state index contributed by atoms with van der Waals surface area (Å²) in [7, 11) is 6.19. The van der Waals surface area contributed by atoms with Crippen molar-refractivity contribution in [1.29, 1.82) is 0 Å². The topological polar surface area (TPSA) is 42.6 Å². The van der Waals surface area contributed by atoms with Crippen molar-refractivity contribution in [1.82, 2.24) is 14.8 Å². The lowest BCUT2D eigenvalue weighted by atomic mass is 10.0. The molecule has 0 radical (unpaired) electrons. The quantitative estimate of drug-likeness (QED) is 0.938. The van der Waals surface area contributed by atoms with Crippen LogP contribution in [0, 0.1) is 0 Å². The number of nitrogens with zero attached hydrogens (tertiary/aromatic N) is 3. The third kappa shape index (κ3) is 3.26. The van der Waals surface area contributed by atoms with Crippen LogP contribution in [-0.2, 0) is 0 Å². The van der Waals surface area contributed by atoms with E-state index in [1.165, 1.54) is 0 Å². The molecule has 1 amide bonds. The van der Waals surface area contributed by atoms with E-state index in [4.69, 9.17) is 0 Å². The van der Waals surface area contributed by atoms with Crippen molar-refractivity contribution >= 4 is 22.5 Å². The Bertz CT molecular complexity index is 713. The molecular formula is C19H28N4O. The second kappa shape index (κ2) is 6.85. The molecule has 2 heterocycles. The van der Waals surface area contributed by atoms with Crippen LogP contribution in [0.2, 0.25) is 0 Å². The molecule has 5 nitrogen and oxygen atoms in total. The maximum atomic E-state index is 13.0. The van der Waals surface area contributed by atoms with Crippen LogP contribution in [-0.4, -0.2) is 67.5 Å². The molecule has 1 fully saturated rings. The van der Waals surface area contributed by atoms with E-state index in [0.29, 0.717) is 11.7 Å². The first-order valence-electron chi connectivity index (χ1n) is 8.79. The van der Waals surface area contributed by atoms with Crippen molar-refractivity contribution in [2.24, 2.45) is 0 Å². The minimum atomic E-state index is 0.120. The Morgan fingerprint density at radius 1 is 1.25 bits per heavy atom. The van der Waals surface area contributed by atoms with Crippen LogP contribution in [0.3, 0.4) is 0 Å². The minimum Gasteiger partial charge on any atom is -0.378 e. The zero-order chi connectivity index (χ0) is 17.3. The minimum absolute atomic E-state index is 0.120. The molecule has 1 aliphatic heterocycles. The number of H-pyrrole nitrogens is 1. The second-order valence-corrected chi connectivity index (χ2v) is 6.97. The fourth-order valence-electron chi connectivity index (χ4n) is 3.54. The van der Waals surface area contributed by atoms with Crippen molar-refractivity contribution in [3.05, 3.63) is 30.0 Å². The predicted octanol–water partition coefficient (Wildman–Crippen LogP) is 2.79. The number of anilines is 1. The summed E-state index contributed by atoms with van der Waals surface area (Å²) in [6.45, 7) is 4.95. The number of hydrogen-bond donors (Lipinski definition) is 1. The van der Waals surface area contributed by atoms with Crippen molar-refractivity contribution in [2.75, 3.05) is 45.7 Å². The van der Waals surface area contributed by atoms with E-state index in [9.17, 15) is 4.79 Å². The van der Waals surface area contributed by atoms with Gasteiger partial charge < -0.3 is 19.7 Å². The Morgan fingerprint density at radius 3 is 2.58 bits per heavy atom. The number of piperidine rings is 1. The molecule has 5 heteroatoms. The van der Waals surface area contributed by atoms with E-state index in [1.807, 2.05) is 25.1 Å². The zero-order valence-electron chi connectivity index (χ0n) is 15.2. The second-order valence-electron chi connectivity index (χ2n) is 6.97. The van der Waals surface area contributed by atoms with Crippen molar-refractivity contribution in [3.63, 3.8) is 0 Å². The fourth-order valence-corrected chi connectivity index (χ4v) is 3.54. The van der Waals surface area contributed by atoms with Gasteiger partial charge in [0.1, 0.15) is 5.69 Å². The molecule has 24 heavy (non-hydrogen) atoms. The van der Waals surface area contributed by atoms with E-state index in [0.717, 1.165) is 49.1 Å². The maximum Gasteiger partial charge on any atom is 0.270 e. The van der Waals surface area contributed by atoms with Gasteiger partial charge in [0.25, 0.3) is 5.91 Å². The number of rotatable bonds is 4. The van der Waals surface area contributed by atoms with Gasteiger partial charge in [-0.25, -0.2) is 0 Å². The summed E-state index contributed by atoms with van der Waals surface area (Å²) in [5, 5.41) is 1.09. The number of likely N-dealkylation sites (tertiary alicyclic amines) is 1. The lowest BCUT2D eigenvalue weighted by Gasteiger charge is -2.36. The summed E-state index contributed by atoms with van der Waals surface area (Å²) in [6.07, 6.45) is 2.11. The molecule has 1 aliphatic rings. The Morgan fingerprint density at radius 2 is 1.96 bits per heavy atom. The Hall–Kier alpha value is -2.01. The summed E-state index contributed by atoms with van der Waals surface area (Å²) >= 11 is 0. The summed E-state index contributed by atoms with van der Waals surface area (Å²) in [6, 6.07) is 8.58. The lowest BCUT2D eigenvalue weighted by Crippen LogP contribution is -2.46. The standard InChI is InChI=1S/C19H28N4O/c1-5-23(15-8-10-22(4)11-9-15)19(24)18-12-14-6-7-16(21(2)3)13-17(14)20-18/h6-7,12-13,15,20H,5,8-11H2,1-4H3. The molecule has 0 aliphatic carbocycles. The number of nitrogens with one attached hydrogen (secondary N) is 1. The highest BCUT2D eigenvalue weighted by atomic mass is 16.2. The lowest BCUT2D eigenvalue weighted by molar-refractivity contribution is 0.0601. The van der Waals surface area contributed by atoms with E-state index in [2.05, 4.69) is 47.0 Å². The first kappa shape index (κ1) is 16.8. The van der Waals surface area contributed by atoms with Gasteiger partial charge in [-0.2, -0.15) is 0 Å². The maximum absolute atomic E-state index is 13.0. The molecule has 1 aromatic carbocycles. The number of amides is 1. The van der Waals surface area contributed by atoms with E-state index >= 15 is 0 Å². The fraction of sp³-hybridized carbons (Fsp3) is 0.526. The van der Waals surface area contributed by atoms with Gasteiger partial charge in [0.2, 0.25) is 0 Å². The molecule has 0 atom stereocenters. The third-order valence-corrected chi connectivity index (χ3v) is 5.08. The van der Waals surface area contributed by atoms with Crippen LogP contribution in [0.5, 0.6) is 0 Å². The highest BCUT2D eigenvalue weighted by molar-refractivity contribution is 5.98. The molecule has 1 N–H and O–H groups in total. The van der Waals surface area contributed by atoms with Crippen LogP contribution in [0.4, 0.5) is 5.69 Å². The van der Waals surface area contributed by atoms with Crippen LogP contribution >= 0.6 is 0 Å². The van der Waals surface area contributed by atoms with Gasteiger partial charge in [-0.15, -0.1) is 0 Å². The number of benzene rings is 1. The van der Waals surface area contributed by atoms with Crippen molar-refractivity contribution in [2.45, 2.75) is 25.8 Å². The van der Waals surface area contributed by atoms with Gasteiger partial charge in [-0.1, -0.05) is 6.07 Å². The van der Waals surface area contributed by atoms with Gasteiger partial charge in [0.15, 0.2) is 0 Å². The van der Waals surface area contributed by atoms with E-state index in [-0.39, 0.29) is 5.91 Å². The molecule has 1 aromatic heterocycles. The number of carbonyl (C=O) groups excluding carboxylic acids is 1. The van der Waals surface area contributed by atoms with Crippen molar-refractivity contribution < 1.29 is 4.79 Å². The van der Waals surface area contributed by atoms with Crippen LogP contribution < -0.4 is 4.90 Å². The first-order chi connectivity index (χ1) is 11.5. The van der Waals surface area contributed by atoms with E-state index in [1.54, 1.807) is 0 Å². The number of aromatic nitrogens is 1. The molecule has 0 spiro atoms. The zero-order valence-corrected chi connectivity index (χ0v) is 15.2. The van der Waals surface area contributed by atoms with Crippen LogP contribution in [0.25, 0.3) is 10.9 Å². The molecule has 0 bridgehead atoms. The van der Waals surface area contributed by atoms with Gasteiger partial charge in [0.05, 0.1) is 0 Å². The molecular weight excluding hydrogens is 300 g/mol. The van der Waals surface area contributed by atoms with Crippen LogP contribution in [0.1, 0.15) is 30.3 Å². The van der Waals surface area contributed by atoms with Crippen molar-refractivity contribution in [3.8, 4) is 0 Å².